The molecule has 158 valence electrons. The first-order valence-electron chi connectivity index (χ1n) is 9.67. The van der Waals surface area contributed by atoms with Crippen molar-refractivity contribution in [2.45, 2.75) is 56.2 Å². The van der Waals surface area contributed by atoms with Gasteiger partial charge in [0.2, 0.25) is 22.1 Å². The predicted molar refractivity (Wildman–Crippen MR) is 118 cm³/mol. The van der Waals surface area contributed by atoms with Gasteiger partial charge in [0.05, 0.1) is 12.8 Å². The Balaban J connectivity index is 1.97. The fourth-order valence-electron chi connectivity index (χ4n) is 3.21. The molecule has 28 heavy (non-hydrogen) atoms. The maximum absolute atomic E-state index is 12.1. The molecule has 0 aromatic rings. The number of allylic oxidation sites excluding steroid dienone is 1. The summed E-state index contributed by atoms with van der Waals surface area (Å²) in [6, 6.07) is 0. The van der Waals surface area contributed by atoms with Crippen LogP contribution in [0.1, 0.15) is 46.0 Å². The van der Waals surface area contributed by atoms with Crippen LogP contribution in [0.4, 0.5) is 0 Å². The van der Waals surface area contributed by atoms with Gasteiger partial charge < -0.3 is 16.0 Å². The van der Waals surface area contributed by atoms with Gasteiger partial charge in [0, 0.05) is 24.5 Å². The van der Waals surface area contributed by atoms with Crippen LogP contribution in [-0.2, 0) is 9.59 Å². The van der Waals surface area contributed by atoms with Gasteiger partial charge in [-0.1, -0.05) is 49.9 Å². The van der Waals surface area contributed by atoms with Gasteiger partial charge in [-0.15, -0.1) is 0 Å². The second-order valence-corrected chi connectivity index (χ2v) is 8.75. The fraction of sp³-hybridized carbons (Fsp3) is 0.722. The van der Waals surface area contributed by atoms with Crippen molar-refractivity contribution in [2.75, 3.05) is 25.6 Å². The molecule has 0 aromatic carbocycles. The molecule has 5 N–H and O–H groups in total. The Kier molecular flexibility index (Phi) is 8.66. The molecule has 0 aromatic heterocycles. The van der Waals surface area contributed by atoms with Crippen LogP contribution >= 0.6 is 23.5 Å². The molecule has 1 fully saturated rings. The van der Waals surface area contributed by atoms with Gasteiger partial charge in [-0.2, -0.15) is 0 Å². The van der Waals surface area contributed by atoms with Crippen molar-refractivity contribution in [3.63, 3.8) is 0 Å². The molecule has 0 radical (unpaired) electrons. The van der Waals surface area contributed by atoms with Crippen molar-refractivity contribution in [3.05, 3.63) is 11.8 Å². The molecule has 2 aliphatic heterocycles. The minimum absolute atomic E-state index is 0.00982. The minimum atomic E-state index is -0.829. The van der Waals surface area contributed by atoms with E-state index in [2.05, 4.69) is 33.5 Å². The van der Waals surface area contributed by atoms with Crippen LogP contribution in [0.3, 0.4) is 0 Å². The van der Waals surface area contributed by atoms with Gasteiger partial charge in [-0.25, -0.2) is 4.99 Å². The highest BCUT2D eigenvalue weighted by Crippen LogP contribution is 2.24. The van der Waals surface area contributed by atoms with Crippen LogP contribution in [0.25, 0.3) is 0 Å². The van der Waals surface area contributed by atoms with E-state index in [4.69, 9.17) is 4.99 Å². The molecule has 0 bridgehead atoms. The second-order valence-electron chi connectivity index (χ2n) is 6.73. The lowest BCUT2D eigenvalue weighted by Gasteiger charge is -2.40. The van der Waals surface area contributed by atoms with Crippen LogP contribution < -0.4 is 26.6 Å². The Bertz CT molecular complexity index is 642. The molecule has 2 rings (SSSR count). The first-order chi connectivity index (χ1) is 13.4. The Morgan fingerprint density at radius 3 is 2.39 bits per heavy atom. The molecular weight excluding hydrogens is 396 g/mol. The molecule has 2 aliphatic rings. The van der Waals surface area contributed by atoms with Crippen LogP contribution in [0, 0.1) is 0 Å². The lowest BCUT2D eigenvalue weighted by Crippen LogP contribution is -2.69. The number of thioether (sulfide) groups is 2. The lowest BCUT2D eigenvalue weighted by molar-refractivity contribution is -0.123. The smallest absolute Gasteiger partial charge is 0.236 e. The van der Waals surface area contributed by atoms with Gasteiger partial charge in [-0.3, -0.25) is 20.2 Å². The quantitative estimate of drug-likeness (QED) is 0.264. The van der Waals surface area contributed by atoms with Crippen LogP contribution in [-0.4, -0.2) is 53.4 Å². The van der Waals surface area contributed by atoms with E-state index in [0.717, 1.165) is 30.7 Å². The summed E-state index contributed by atoms with van der Waals surface area (Å²) < 4.78 is 0. The molecule has 1 saturated heterocycles. The summed E-state index contributed by atoms with van der Waals surface area (Å²) in [5.41, 5.74) is 1.85. The molecule has 2 amide bonds. The lowest BCUT2D eigenvalue weighted by atomic mass is 10.1. The third kappa shape index (κ3) is 6.13. The van der Waals surface area contributed by atoms with Gasteiger partial charge in [0.1, 0.15) is 0 Å². The average molecular weight is 429 g/mol. The Hall–Kier alpha value is -1.23. The number of hydrogen-bond acceptors (Lipinski definition) is 8. The van der Waals surface area contributed by atoms with Crippen LogP contribution in [0.2, 0.25) is 0 Å². The zero-order chi connectivity index (χ0) is 20.6. The summed E-state index contributed by atoms with van der Waals surface area (Å²) in [4.78, 5) is 29.0. The van der Waals surface area contributed by atoms with E-state index in [1.165, 1.54) is 23.5 Å². The fourth-order valence-corrected chi connectivity index (χ4v) is 4.59. The van der Waals surface area contributed by atoms with Crippen molar-refractivity contribution in [1.29, 1.82) is 0 Å². The van der Waals surface area contributed by atoms with Crippen LogP contribution in [0.15, 0.2) is 16.8 Å². The van der Waals surface area contributed by atoms with E-state index in [1.54, 1.807) is 0 Å². The Labute approximate surface area is 175 Å². The highest BCUT2D eigenvalue weighted by atomic mass is 32.2. The summed E-state index contributed by atoms with van der Waals surface area (Å²) in [7, 11) is 0. The first kappa shape index (κ1) is 23.1. The third-order valence-electron chi connectivity index (χ3n) is 4.45. The highest BCUT2D eigenvalue weighted by molar-refractivity contribution is 8.00. The van der Waals surface area contributed by atoms with Gasteiger partial charge in [-0.05, 0) is 25.4 Å². The van der Waals surface area contributed by atoms with Crippen molar-refractivity contribution in [2.24, 2.45) is 4.99 Å². The number of carbonyl (C=O) groups excluding carboxylic acids is 2. The molecule has 10 heteroatoms. The summed E-state index contributed by atoms with van der Waals surface area (Å²) in [5, 5.41) is 14.5. The van der Waals surface area contributed by atoms with Crippen LogP contribution in [0.5, 0.6) is 0 Å². The number of rotatable bonds is 10. The largest absolute Gasteiger partial charge is 0.345 e. The van der Waals surface area contributed by atoms with E-state index < -0.39 is 10.2 Å². The number of amides is 2. The zero-order valence-electron chi connectivity index (χ0n) is 17.1. The second kappa shape index (κ2) is 10.5. The summed E-state index contributed by atoms with van der Waals surface area (Å²) in [5.74, 6) is -0.0217. The normalized spacial score (nSPS) is 29.1. The van der Waals surface area contributed by atoms with Gasteiger partial charge >= 0.3 is 0 Å². The van der Waals surface area contributed by atoms with Crippen molar-refractivity contribution >= 4 is 41.0 Å². The monoisotopic (exact) mass is 428 g/mol. The molecule has 0 aliphatic carbocycles. The molecule has 2 atom stereocenters. The molecular formula is C18H32N6O2S2. The maximum Gasteiger partial charge on any atom is 0.236 e. The standard InChI is InChI=1S/C18H32N6O2S2/c1-5-7-13-11-15(25)23-17(21-13,27-3)19-9-10-20-18(28-4)22-14(8-6-2)12-16(26)24-18/h7,19-21H,5-6,8-12H2,1-4H3,(H,23,25)(H,24,26)/b13-7+/t17-,18-/m1/s1. The number of aliphatic imine (C=N–C) groups is 1. The minimum Gasteiger partial charge on any atom is -0.345 e. The van der Waals surface area contributed by atoms with E-state index in [-0.39, 0.29) is 11.8 Å². The summed E-state index contributed by atoms with van der Waals surface area (Å²) in [6.45, 7) is 5.27. The number of hydrogen-bond donors (Lipinski definition) is 5. The average Bonchev–Trinajstić information content (AvgIpc) is 2.65. The Morgan fingerprint density at radius 1 is 1.04 bits per heavy atom. The number of nitrogens with one attached hydrogen (secondary N) is 5. The number of carbonyl (C=O) groups is 2. The highest BCUT2D eigenvalue weighted by Gasteiger charge is 2.37. The molecule has 0 saturated carbocycles. The van der Waals surface area contributed by atoms with E-state index in [0.29, 0.717) is 25.9 Å². The van der Waals surface area contributed by atoms with Crippen molar-refractivity contribution in [3.8, 4) is 0 Å². The van der Waals surface area contributed by atoms with E-state index in [9.17, 15) is 9.59 Å². The topological polar surface area (TPSA) is 107 Å². The van der Waals surface area contributed by atoms with Gasteiger partial charge in [0.15, 0.2) is 0 Å². The van der Waals surface area contributed by atoms with E-state index >= 15 is 0 Å². The van der Waals surface area contributed by atoms with Crippen molar-refractivity contribution in [1.82, 2.24) is 26.6 Å². The molecule has 8 nitrogen and oxygen atoms in total. The predicted octanol–water partition coefficient (Wildman–Crippen LogP) is 1.28. The SMILES string of the molecule is CC/C=C1\CC(=O)N[C@](NCCN[C@@]2(SC)N=C(CCC)CC(=O)N2)(SC)N1. The third-order valence-corrected chi connectivity index (χ3v) is 6.34. The maximum atomic E-state index is 12.1. The molecule has 0 unspecified atom stereocenters. The summed E-state index contributed by atoms with van der Waals surface area (Å²) in [6.07, 6.45) is 9.30. The van der Waals surface area contributed by atoms with Crippen molar-refractivity contribution < 1.29 is 9.59 Å². The molecule has 2 heterocycles. The molecule has 0 spiro atoms. The zero-order valence-corrected chi connectivity index (χ0v) is 18.7. The first-order valence-corrected chi connectivity index (χ1v) is 12.1. The Morgan fingerprint density at radius 2 is 1.75 bits per heavy atom. The van der Waals surface area contributed by atoms with Gasteiger partial charge in [0.25, 0.3) is 0 Å². The summed E-state index contributed by atoms with van der Waals surface area (Å²) >= 11 is 2.97. The number of nitrogens with zero attached hydrogens (tertiary/aromatic N) is 1. The van der Waals surface area contributed by atoms with E-state index in [1.807, 2.05) is 25.5 Å².